The number of rotatable bonds is 6. The van der Waals surface area contributed by atoms with Gasteiger partial charge < -0.3 is 29.7 Å². The predicted molar refractivity (Wildman–Crippen MR) is 125 cm³/mol. The molecule has 164 valence electrons. The van der Waals surface area contributed by atoms with E-state index in [4.69, 9.17) is 14.2 Å². The number of halogens is 1. The molecule has 1 aliphatic heterocycles. The van der Waals surface area contributed by atoms with Gasteiger partial charge in [-0.15, -0.1) is 24.0 Å². The Bertz CT molecular complexity index is 700. The smallest absolute Gasteiger partial charge is 0.410 e. The molecule has 9 heteroatoms. The molecule has 1 aliphatic rings. The number of methoxy groups -OCH3 is 1. The van der Waals surface area contributed by atoms with Crippen molar-refractivity contribution in [1.29, 1.82) is 0 Å². The van der Waals surface area contributed by atoms with Crippen LogP contribution in [0.25, 0.3) is 0 Å². The highest BCUT2D eigenvalue weighted by Crippen LogP contribution is 2.28. The average molecular weight is 520 g/mol. The van der Waals surface area contributed by atoms with Gasteiger partial charge in [0.05, 0.1) is 19.8 Å². The maximum atomic E-state index is 12.0. The largest absolute Gasteiger partial charge is 0.493 e. The molecule has 0 atom stereocenters. The number of nitrogens with zero attached hydrogens (tertiary/aromatic N) is 2. The number of aliphatic imine (C=N–C) groups is 1. The second-order valence-electron chi connectivity index (χ2n) is 7.57. The van der Waals surface area contributed by atoms with Crippen LogP contribution in [0, 0.1) is 0 Å². The molecule has 1 aromatic rings. The molecular weight excluding hydrogens is 487 g/mol. The first kappa shape index (κ1) is 25.1. The molecule has 29 heavy (non-hydrogen) atoms. The standard InChI is InChI=1S/C20H32N4O4.HI/c1-7-27-17-10-14(8-9-16(17)26-6)11-22-18(21-5)23-15-12-24(13-15)19(25)28-20(2,3)4;/h8-10,15H,7,11-13H2,1-6H3,(H2,21,22,23);1H. The number of likely N-dealkylation sites (tertiary alicyclic amines) is 1. The molecule has 1 heterocycles. The summed E-state index contributed by atoms with van der Waals surface area (Å²) in [6, 6.07) is 5.97. The van der Waals surface area contributed by atoms with Crippen molar-refractivity contribution < 1.29 is 19.0 Å². The van der Waals surface area contributed by atoms with Crippen molar-refractivity contribution in [3.8, 4) is 11.5 Å². The molecule has 1 fully saturated rings. The van der Waals surface area contributed by atoms with Gasteiger partial charge in [-0.1, -0.05) is 6.07 Å². The zero-order chi connectivity index (χ0) is 20.7. The van der Waals surface area contributed by atoms with Gasteiger partial charge in [0, 0.05) is 26.7 Å². The lowest BCUT2D eigenvalue weighted by Gasteiger charge is -2.40. The van der Waals surface area contributed by atoms with Crippen molar-refractivity contribution in [2.24, 2.45) is 4.99 Å². The van der Waals surface area contributed by atoms with Crippen LogP contribution in [0.5, 0.6) is 11.5 Å². The number of hydrogen-bond acceptors (Lipinski definition) is 5. The van der Waals surface area contributed by atoms with Crippen molar-refractivity contribution in [2.75, 3.05) is 33.9 Å². The van der Waals surface area contributed by atoms with E-state index in [1.54, 1.807) is 19.1 Å². The Kier molecular flexibility index (Phi) is 9.81. The Balaban J connectivity index is 0.00000420. The van der Waals surface area contributed by atoms with E-state index in [2.05, 4.69) is 15.6 Å². The summed E-state index contributed by atoms with van der Waals surface area (Å²) in [5.74, 6) is 2.12. The van der Waals surface area contributed by atoms with Gasteiger partial charge in [-0.3, -0.25) is 4.99 Å². The van der Waals surface area contributed by atoms with Gasteiger partial charge >= 0.3 is 6.09 Å². The van der Waals surface area contributed by atoms with Gasteiger partial charge in [-0.25, -0.2) is 4.79 Å². The van der Waals surface area contributed by atoms with Crippen molar-refractivity contribution in [1.82, 2.24) is 15.5 Å². The van der Waals surface area contributed by atoms with E-state index in [0.29, 0.717) is 38.0 Å². The van der Waals surface area contributed by atoms with E-state index in [1.165, 1.54) is 0 Å². The molecule has 0 aliphatic carbocycles. The van der Waals surface area contributed by atoms with Crippen molar-refractivity contribution in [2.45, 2.75) is 45.9 Å². The number of carbonyl (C=O) groups is 1. The number of amides is 1. The molecular formula is C20H33IN4O4. The molecule has 0 aromatic heterocycles. The SMILES string of the molecule is CCOc1cc(CNC(=NC)NC2CN(C(=O)OC(C)(C)C)C2)ccc1OC.I. The maximum absolute atomic E-state index is 12.0. The first-order valence-electron chi connectivity index (χ1n) is 9.50. The number of carbonyl (C=O) groups excluding carboxylic acids is 1. The van der Waals surface area contributed by atoms with Crippen LogP contribution >= 0.6 is 24.0 Å². The molecule has 0 saturated carbocycles. The number of benzene rings is 1. The maximum Gasteiger partial charge on any atom is 0.410 e. The monoisotopic (exact) mass is 520 g/mol. The van der Waals surface area contributed by atoms with E-state index < -0.39 is 5.60 Å². The Labute approximate surface area is 190 Å². The van der Waals surface area contributed by atoms with Crippen LogP contribution in [0.2, 0.25) is 0 Å². The van der Waals surface area contributed by atoms with Crippen LogP contribution in [-0.4, -0.2) is 62.4 Å². The van der Waals surface area contributed by atoms with Gasteiger partial charge in [0.1, 0.15) is 5.60 Å². The lowest BCUT2D eigenvalue weighted by Crippen LogP contribution is -2.63. The second-order valence-corrected chi connectivity index (χ2v) is 7.57. The van der Waals surface area contributed by atoms with E-state index in [9.17, 15) is 4.79 Å². The summed E-state index contributed by atoms with van der Waals surface area (Å²) < 4.78 is 16.3. The lowest BCUT2D eigenvalue weighted by atomic mass is 10.1. The molecule has 0 bridgehead atoms. The summed E-state index contributed by atoms with van der Waals surface area (Å²) in [5, 5.41) is 6.60. The first-order chi connectivity index (χ1) is 13.3. The third-order valence-corrected chi connectivity index (χ3v) is 4.09. The average Bonchev–Trinajstić information content (AvgIpc) is 2.59. The van der Waals surface area contributed by atoms with Crippen LogP contribution in [0.15, 0.2) is 23.2 Å². The lowest BCUT2D eigenvalue weighted by molar-refractivity contribution is 0.00701. The number of ether oxygens (including phenoxy) is 3. The fraction of sp³-hybridized carbons (Fsp3) is 0.600. The molecule has 1 amide bonds. The third kappa shape index (κ3) is 7.79. The van der Waals surface area contributed by atoms with Gasteiger partial charge in [0.25, 0.3) is 0 Å². The van der Waals surface area contributed by atoms with E-state index in [0.717, 1.165) is 11.3 Å². The minimum absolute atomic E-state index is 0. The fourth-order valence-corrected chi connectivity index (χ4v) is 2.72. The van der Waals surface area contributed by atoms with Crippen molar-refractivity contribution in [3.63, 3.8) is 0 Å². The molecule has 2 rings (SSSR count). The van der Waals surface area contributed by atoms with Crippen molar-refractivity contribution in [3.05, 3.63) is 23.8 Å². The van der Waals surface area contributed by atoms with Crippen LogP contribution < -0.4 is 20.1 Å². The quantitative estimate of drug-likeness (QED) is 0.341. The zero-order valence-corrected chi connectivity index (χ0v) is 20.4. The molecule has 0 radical (unpaired) electrons. The first-order valence-corrected chi connectivity index (χ1v) is 9.50. The van der Waals surface area contributed by atoms with E-state index in [1.807, 2.05) is 45.9 Å². The summed E-state index contributed by atoms with van der Waals surface area (Å²) in [7, 11) is 3.35. The zero-order valence-electron chi connectivity index (χ0n) is 18.1. The number of nitrogens with one attached hydrogen (secondary N) is 2. The molecule has 2 N–H and O–H groups in total. The summed E-state index contributed by atoms with van der Waals surface area (Å²) >= 11 is 0. The minimum atomic E-state index is -0.480. The van der Waals surface area contributed by atoms with Crippen LogP contribution in [0.1, 0.15) is 33.3 Å². The minimum Gasteiger partial charge on any atom is -0.493 e. The molecule has 1 saturated heterocycles. The Morgan fingerprint density at radius 3 is 2.52 bits per heavy atom. The summed E-state index contributed by atoms with van der Waals surface area (Å²) in [6.07, 6.45) is -0.282. The van der Waals surface area contributed by atoms with E-state index >= 15 is 0 Å². The molecule has 0 spiro atoms. The summed E-state index contributed by atoms with van der Waals surface area (Å²) in [5.41, 5.74) is 0.572. The third-order valence-electron chi connectivity index (χ3n) is 4.09. The predicted octanol–water partition coefficient (Wildman–Crippen LogP) is 3.00. The molecule has 8 nitrogen and oxygen atoms in total. The van der Waals surface area contributed by atoms with Crippen LogP contribution in [-0.2, 0) is 11.3 Å². The van der Waals surface area contributed by atoms with Gasteiger partial charge in [-0.05, 0) is 45.4 Å². The Morgan fingerprint density at radius 2 is 1.97 bits per heavy atom. The highest BCUT2D eigenvalue weighted by atomic mass is 127. The highest BCUT2D eigenvalue weighted by molar-refractivity contribution is 14.0. The van der Waals surface area contributed by atoms with Gasteiger partial charge in [-0.2, -0.15) is 0 Å². The van der Waals surface area contributed by atoms with Crippen molar-refractivity contribution >= 4 is 36.0 Å². The number of guanidine groups is 1. The topological polar surface area (TPSA) is 84.4 Å². The van der Waals surface area contributed by atoms with Crippen LogP contribution in [0.4, 0.5) is 4.79 Å². The van der Waals surface area contributed by atoms with Gasteiger partial charge in [0.2, 0.25) is 0 Å². The second kappa shape index (κ2) is 11.3. The summed E-state index contributed by atoms with van der Waals surface area (Å²) in [6.45, 7) is 9.88. The Morgan fingerprint density at radius 1 is 1.28 bits per heavy atom. The summed E-state index contributed by atoms with van der Waals surface area (Å²) in [4.78, 5) is 17.9. The molecule has 1 aromatic carbocycles. The fourth-order valence-electron chi connectivity index (χ4n) is 2.72. The Hall–Kier alpha value is -1.91. The normalized spacial score (nSPS) is 14.4. The molecule has 0 unspecified atom stereocenters. The highest BCUT2D eigenvalue weighted by Gasteiger charge is 2.34. The van der Waals surface area contributed by atoms with Gasteiger partial charge in [0.15, 0.2) is 17.5 Å². The number of hydrogen-bond donors (Lipinski definition) is 2. The van der Waals surface area contributed by atoms with Crippen LogP contribution in [0.3, 0.4) is 0 Å². The van der Waals surface area contributed by atoms with E-state index in [-0.39, 0.29) is 36.1 Å².